The fourth-order valence-electron chi connectivity index (χ4n) is 5.25. The lowest BCUT2D eigenvalue weighted by Gasteiger charge is -2.34. The number of anilines is 1. The van der Waals surface area contributed by atoms with Crippen molar-refractivity contribution in [1.82, 2.24) is 9.38 Å². The first-order valence-corrected chi connectivity index (χ1v) is 13.7. The summed E-state index contributed by atoms with van der Waals surface area (Å²) in [5.74, 6) is -3.43. The van der Waals surface area contributed by atoms with Crippen LogP contribution in [-0.4, -0.2) is 38.6 Å². The molecule has 0 bridgehead atoms. The number of hydrogen-bond acceptors (Lipinski definition) is 4. The van der Waals surface area contributed by atoms with Crippen molar-refractivity contribution < 1.29 is 27.9 Å². The zero-order valence-electron chi connectivity index (χ0n) is 21.5. The van der Waals surface area contributed by atoms with E-state index in [0.29, 0.717) is 4.88 Å². The van der Waals surface area contributed by atoms with Crippen LogP contribution in [0.3, 0.4) is 0 Å². The molecule has 5 rings (SSSR count). The molecule has 1 fully saturated rings. The van der Waals surface area contributed by atoms with Crippen molar-refractivity contribution in [3.63, 3.8) is 0 Å². The number of thiophene rings is 1. The van der Waals surface area contributed by atoms with Gasteiger partial charge in [0, 0.05) is 34.8 Å². The van der Waals surface area contributed by atoms with E-state index < -0.39 is 24.0 Å². The van der Waals surface area contributed by atoms with E-state index in [1.165, 1.54) is 4.90 Å². The molecule has 6 nitrogen and oxygen atoms in total. The van der Waals surface area contributed by atoms with Crippen LogP contribution in [0.5, 0.6) is 0 Å². The third kappa shape index (κ3) is 5.43. The zero-order chi connectivity index (χ0) is 27.9. The Morgan fingerprint density at radius 3 is 2.31 bits per heavy atom. The maximum atomic E-state index is 13.5. The maximum Gasteiger partial charge on any atom is 0.391 e. The lowest BCUT2D eigenvalue weighted by atomic mass is 9.81. The standard InChI is InChI=1S/C29H28F3N3O3S/c1-17(2)35(27(36)20-10-12-21(13-11-20)29(30,31)32)23-15-24(39-26(23)28(37)38)19-8-6-18(7-9-19)22-16-34-14-4-3-5-25(34)33-22/h3-9,14-17,20-21H,10-13H2,1-2H3,(H,37,38)/t20-,21-. The van der Waals surface area contributed by atoms with E-state index in [-0.39, 0.29) is 48.2 Å². The number of imidazole rings is 1. The molecule has 0 radical (unpaired) electrons. The van der Waals surface area contributed by atoms with E-state index >= 15 is 0 Å². The number of benzene rings is 1. The van der Waals surface area contributed by atoms with Crippen molar-refractivity contribution in [2.24, 2.45) is 11.8 Å². The molecule has 39 heavy (non-hydrogen) atoms. The lowest BCUT2D eigenvalue weighted by Crippen LogP contribution is -2.43. The zero-order valence-corrected chi connectivity index (χ0v) is 22.3. The van der Waals surface area contributed by atoms with E-state index in [1.807, 2.05) is 59.3 Å². The Balaban J connectivity index is 1.42. The largest absolute Gasteiger partial charge is 0.477 e. The van der Waals surface area contributed by atoms with Gasteiger partial charge >= 0.3 is 12.1 Å². The van der Waals surface area contributed by atoms with Gasteiger partial charge < -0.3 is 14.4 Å². The van der Waals surface area contributed by atoms with E-state index in [9.17, 15) is 27.9 Å². The summed E-state index contributed by atoms with van der Waals surface area (Å²) in [5, 5.41) is 9.97. The third-order valence-corrected chi connectivity index (χ3v) is 8.45. The Bertz CT molecular complexity index is 1470. The molecule has 1 amide bonds. The summed E-state index contributed by atoms with van der Waals surface area (Å²) in [6.45, 7) is 3.57. The van der Waals surface area contributed by atoms with E-state index in [0.717, 1.165) is 33.8 Å². The highest BCUT2D eigenvalue weighted by Gasteiger charge is 2.43. The number of rotatable bonds is 6. The van der Waals surface area contributed by atoms with E-state index in [4.69, 9.17) is 0 Å². The van der Waals surface area contributed by atoms with Gasteiger partial charge in [-0.3, -0.25) is 4.79 Å². The summed E-state index contributed by atoms with van der Waals surface area (Å²) in [4.78, 5) is 32.5. The van der Waals surface area contributed by atoms with E-state index in [2.05, 4.69) is 4.98 Å². The normalized spacial score (nSPS) is 18.0. The SMILES string of the molecule is CC(C)N(c1cc(-c2ccc(-c3cn4ccccc4n3)cc2)sc1C(=O)O)C(=O)[C@H]1CC[C@H](C(F)(F)F)CC1. The van der Waals surface area contributed by atoms with Gasteiger partial charge in [0.05, 0.1) is 17.3 Å². The number of carbonyl (C=O) groups excluding carboxylic acids is 1. The summed E-state index contributed by atoms with van der Waals surface area (Å²) >= 11 is 1.08. The van der Waals surface area contributed by atoms with Crippen LogP contribution >= 0.6 is 11.3 Å². The van der Waals surface area contributed by atoms with Gasteiger partial charge in [0.15, 0.2) is 0 Å². The molecular formula is C29H28F3N3O3S. The molecule has 204 valence electrons. The van der Waals surface area contributed by atoms with Gasteiger partial charge in [-0.05, 0) is 63.3 Å². The van der Waals surface area contributed by atoms with Crippen LogP contribution < -0.4 is 4.90 Å². The highest BCUT2D eigenvalue weighted by Crippen LogP contribution is 2.43. The molecule has 1 aliphatic carbocycles. The van der Waals surface area contributed by atoms with Crippen LogP contribution in [0.2, 0.25) is 0 Å². The smallest absolute Gasteiger partial charge is 0.391 e. The van der Waals surface area contributed by atoms with Crippen LogP contribution in [0.4, 0.5) is 18.9 Å². The second kappa shape index (κ2) is 10.5. The number of nitrogens with zero attached hydrogens (tertiary/aromatic N) is 3. The van der Waals surface area contributed by atoms with Crippen LogP contribution in [0.25, 0.3) is 27.3 Å². The average molecular weight is 556 g/mol. The highest BCUT2D eigenvalue weighted by molar-refractivity contribution is 7.18. The minimum atomic E-state index is -4.26. The van der Waals surface area contributed by atoms with E-state index in [1.54, 1.807) is 19.9 Å². The summed E-state index contributed by atoms with van der Waals surface area (Å²) in [6.07, 6.45) is -0.317. The second-order valence-corrected chi connectivity index (χ2v) is 11.2. The molecule has 10 heteroatoms. The Hall–Kier alpha value is -3.66. The fraction of sp³-hybridized carbons (Fsp3) is 0.345. The fourth-order valence-corrected chi connectivity index (χ4v) is 6.24. The van der Waals surface area contributed by atoms with Crippen molar-refractivity contribution in [3.8, 4) is 21.7 Å². The first-order chi connectivity index (χ1) is 18.5. The molecule has 0 unspecified atom stereocenters. The number of halogens is 3. The van der Waals surface area contributed by atoms with Crippen LogP contribution in [0.1, 0.15) is 49.2 Å². The molecule has 1 N–H and O–H groups in total. The number of carboxylic acids is 1. The predicted octanol–water partition coefficient (Wildman–Crippen LogP) is 7.54. The van der Waals surface area contributed by atoms with Crippen LogP contribution in [0.15, 0.2) is 60.9 Å². The topological polar surface area (TPSA) is 74.9 Å². The van der Waals surface area contributed by atoms with Crippen molar-refractivity contribution >= 4 is 34.5 Å². The van der Waals surface area contributed by atoms with Gasteiger partial charge in [-0.2, -0.15) is 13.2 Å². The van der Waals surface area contributed by atoms with Gasteiger partial charge in [0.2, 0.25) is 5.91 Å². The van der Waals surface area contributed by atoms with Gasteiger partial charge in [0.1, 0.15) is 10.5 Å². The number of hydrogen-bond donors (Lipinski definition) is 1. The number of aromatic carboxylic acids is 1. The van der Waals surface area contributed by atoms with Crippen molar-refractivity contribution in [1.29, 1.82) is 0 Å². The Morgan fingerprint density at radius 1 is 1.05 bits per heavy atom. The number of amides is 1. The average Bonchev–Trinajstić information content (AvgIpc) is 3.53. The number of carboxylic acid groups (broad SMARTS) is 1. The monoisotopic (exact) mass is 555 g/mol. The molecule has 1 aliphatic rings. The molecule has 0 spiro atoms. The van der Waals surface area contributed by atoms with Gasteiger partial charge in [0.25, 0.3) is 0 Å². The Labute approximate surface area is 227 Å². The van der Waals surface area contributed by atoms with Gasteiger partial charge in [-0.25, -0.2) is 9.78 Å². The van der Waals surface area contributed by atoms with Crippen molar-refractivity contribution in [2.75, 3.05) is 4.90 Å². The van der Waals surface area contributed by atoms with Crippen LogP contribution in [0, 0.1) is 11.8 Å². The number of pyridine rings is 1. The minimum Gasteiger partial charge on any atom is -0.477 e. The van der Waals surface area contributed by atoms with Crippen molar-refractivity contribution in [2.45, 2.75) is 51.7 Å². The molecule has 4 aromatic rings. The third-order valence-electron chi connectivity index (χ3n) is 7.29. The van der Waals surface area contributed by atoms with Gasteiger partial charge in [-0.1, -0.05) is 30.3 Å². The molecule has 0 atom stereocenters. The Kier molecular flexibility index (Phi) is 7.24. The molecule has 3 aromatic heterocycles. The number of fused-ring (bicyclic) bond motifs is 1. The minimum absolute atomic E-state index is 0.0282. The summed E-state index contributed by atoms with van der Waals surface area (Å²) < 4.78 is 41.3. The first-order valence-electron chi connectivity index (χ1n) is 12.8. The summed E-state index contributed by atoms with van der Waals surface area (Å²) in [5.41, 5.74) is 3.62. The molecule has 1 aromatic carbocycles. The second-order valence-electron chi connectivity index (χ2n) is 10.2. The first kappa shape index (κ1) is 26.9. The highest BCUT2D eigenvalue weighted by atomic mass is 32.1. The maximum absolute atomic E-state index is 13.5. The lowest BCUT2D eigenvalue weighted by molar-refractivity contribution is -0.184. The molecular weight excluding hydrogens is 527 g/mol. The predicted molar refractivity (Wildman–Crippen MR) is 145 cm³/mol. The number of carbonyl (C=O) groups is 2. The quantitative estimate of drug-likeness (QED) is 0.267. The Morgan fingerprint density at radius 2 is 1.72 bits per heavy atom. The summed E-state index contributed by atoms with van der Waals surface area (Å²) in [7, 11) is 0. The number of aromatic nitrogens is 2. The van der Waals surface area contributed by atoms with Crippen LogP contribution in [-0.2, 0) is 4.79 Å². The summed E-state index contributed by atoms with van der Waals surface area (Å²) in [6, 6.07) is 14.7. The van der Waals surface area contributed by atoms with Crippen molar-refractivity contribution in [3.05, 3.63) is 65.8 Å². The van der Waals surface area contributed by atoms with Gasteiger partial charge in [-0.15, -0.1) is 11.3 Å². The molecule has 0 saturated heterocycles. The number of alkyl halides is 3. The molecule has 0 aliphatic heterocycles. The molecule has 1 saturated carbocycles. The molecule has 3 heterocycles.